The first-order valence-electron chi connectivity index (χ1n) is 9.06. The largest absolute Gasteiger partial charge is 0.349 e. The number of nitrogens with one attached hydrogen (secondary N) is 1. The van der Waals surface area contributed by atoms with E-state index in [1.807, 2.05) is 57.1 Å². The lowest BCUT2D eigenvalue weighted by atomic mass is 10.1. The summed E-state index contributed by atoms with van der Waals surface area (Å²) in [6, 6.07) is 14.1. The van der Waals surface area contributed by atoms with E-state index < -0.39 is 0 Å². The van der Waals surface area contributed by atoms with Crippen molar-refractivity contribution in [2.75, 3.05) is 20.6 Å². The molecule has 0 aliphatic heterocycles. The van der Waals surface area contributed by atoms with Crippen LogP contribution in [0.1, 0.15) is 33.4 Å². The van der Waals surface area contributed by atoms with Gasteiger partial charge in [0, 0.05) is 6.54 Å². The number of hydrogen-bond acceptors (Lipinski definition) is 4. The average Bonchev–Trinajstić information content (AvgIpc) is 3.04. The summed E-state index contributed by atoms with van der Waals surface area (Å²) in [5.74, 6) is -0.570. The van der Waals surface area contributed by atoms with Gasteiger partial charge in [-0.1, -0.05) is 29.5 Å². The molecule has 0 saturated carbocycles. The van der Waals surface area contributed by atoms with Crippen molar-refractivity contribution in [2.24, 2.45) is 0 Å². The Labute approximate surface area is 164 Å². The van der Waals surface area contributed by atoms with Crippen LogP contribution in [0.25, 0.3) is 5.69 Å². The summed E-state index contributed by atoms with van der Waals surface area (Å²) in [7, 11) is 3.83. The van der Waals surface area contributed by atoms with E-state index in [9.17, 15) is 9.18 Å². The van der Waals surface area contributed by atoms with Crippen molar-refractivity contribution in [1.29, 1.82) is 0 Å². The van der Waals surface area contributed by atoms with E-state index >= 15 is 0 Å². The number of aryl methyl sites for hydroxylation is 1. The van der Waals surface area contributed by atoms with Crippen LogP contribution in [0.5, 0.6) is 0 Å². The highest BCUT2D eigenvalue weighted by molar-refractivity contribution is 5.93. The third-order valence-corrected chi connectivity index (χ3v) is 4.69. The monoisotopic (exact) mass is 381 g/mol. The number of rotatable bonds is 6. The molecule has 1 aromatic heterocycles. The summed E-state index contributed by atoms with van der Waals surface area (Å²) in [5, 5.41) is 11.1. The number of likely N-dealkylation sites (N-methyl/N-ethyl adjacent to an activating group) is 1. The molecule has 3 aromatic rings. The topological polar surface area (TPSA) is 63.1 Å². The van der Waals surface area contributed by atoms with Crippen LogP contribution >= 0.6 is 0 Å². The van der Waals surface area contributed by atoms with E-state index in [4.69, 9.17) is 0 Å². The van der Waals surface area contributed by atoms with Crippen molar-refractivity contribution in [3.8, 4) is 5.69 Å². The van der Waals surface area contributed by atoms with E-state index in [1.165, 1.54) is 12.1 Å². The summed E-state index contributed by atoms with van der Waals surface area (Å²) in [5.41, 5.74) is 3.85. The van der Waals surface area contributed by atoms with Crippen LogP contribution in [0.15, 0.2) is 48.5 Å². The quantitative estimate of drug-likeness (QED) is 0.713. The summed E-state index contributed by atoms with van der Waals surface area (Å²) >= 11 is 0. The van der Waals surface area contributed by atoms with Gasteiger partial charge in [0.15, 0.2) is 5.69 Å². The lowest BCUT2D eigenvalue weighted by Crippen LogP contribution is -2.35. The molecule has 0 aliphatic rings. The molecule has 146 valence electrons. The molecular formula is C21H24FN5O. The van der Waals surface area contributed by atoms with Crippen molar-refractivity contribution in [3.05, 3.63) is 76.9 Å². The minimum atomic E-state index is -0.287. The second-order valence-electron chi connectivity index (χ2n) is 7.02. The summed E-state index contributed by atoms with van der Waals surface area (Å²) in [6.45, 7) is 4.19. The molecule has 0 saturated heterocycles. The molecule has 0 spiro atoms. The molecule has 0 radical (unpaired) electrons. The fourth-order valence-electron chi connectivity index (χ4n) is 3.10. The highest BCUT2D eigenvalue weighted by Crippen LogP contribution is 2.18. The molecule has 1 amide bonds. The lowest BCUT2D eigenvalue weighted by molar-refractivity contribution is 0.0936. The first-order valence-corrected chi connectivity index (χ1v) is 9.06. The molecule has 0 bridgehead atoms. The first-order chi connectivity index (χ1) is 13.4. The van der Waals surface area contributed by atoms with Gasteiger partial charge in [0.25, 0.3) is 5.91 Å². The van der Waals surface area contributed by atoms with Gasteiger partial charge in [-0.25, -0.2) is 9.07 Å². The third-order valence-electron chi connectivity index (χ3n) is 4.69. The summed E-state index contributed by atoms with van der Waals surface area (Å²) in [4.78, 5) is 14.7. The van der Waals surface area contributed by atoms with Crippen molar-refractivity contribution < 1.29 is 9.18 Å². The Morgan fingerprint density at radius 3 is 2.54 bits per heavy atom. The molecule has 3 rings (SSSR count). The Bertz CT molecular complexity index is 965. The van der Waals surface area contributed by atoms with E-state index in [-0.39, 0.29) is 23.5 Å². The van der Waals surface area contributed by atoms with Crippen LogP contribution < -0.4 is 5.32 Å². The number of halogens is 1. The maximum absolute atomic E-state index is 13.2. The fraction of sp³-hybridized carbons (Fsp3) is 0.286. The number of nitrogens with zero attached hydrogens (tertiary/aromatic N) is 4. The normalized spacial score (nSPS) is 12.2. The van der Waals surface area contributed by atoms with Crippen LogP contribution in [0.4, 0.5) is 4.39 Å². The highest BCUT2D eigenvalue weighted by atomic mass is 19.1. The molecule has 1 heterocycles. The predicted molar refractivity (Wildman–Crippen MR) is 106 cm³/mol. The van der Waals surface area contributed by atoms with Crippen LogP contribution in [-0.2, 0) is 0 Å². The van der Waals surface area contributed by atoms with Gasteiger partial charge in [0.1, 0.15) is 5.82 Å². The van der Waals surface area contributed by atoms with E-state index in [0.29, 0.717) is 12.2 Å². The molecule has 0 aliphatic carbocycles. The highest BCUT2D eigenvalue weighted by Gasteiger charge is 2.20. The molecule has 7 heteroatoms. The Kier molecular flexibility index (Phi) is 5.84. The SMILES string of the molecule is Cc1cccc(-n2nnc(C(=O)NCC(c3ccc(F)cc3)N(C)C)c2C)c1. The van der Waals surface area contributed by atoms with Gasteiger partial charge < -0.3 is 10.2 Å². The predicted octanol–water partition coefficient (Wildman–Crippen LogP) is 3.06. The van der Waals surface area contributed by atoms with Gasteiger partial charge in [0.2, 0.25) is 0 Å². The van der Waals surface area contributed by atoms with Crippen LogP contribution in [-0.4, -0.2) is 46.4 Å². The Morgan fingerprint density at radius 1 is 1.18 bits per heavy atom. The minimum Gasteiger partial charge on any atom is -0.349 e. The van der Waals surface area contributed by atoms with Crippen molar-refractivity contribution in [2.45, 2.75) is 19.9 Å². The van der Waals surface area contributed by atoms with Gasteiger partial charge in [-0.15, -0.1) is 5.10 Å². The molecule has 1 atom stereocenters. The zero-order valence-electron chi connectivity index (χ0n) is 16.5. The maximum atomic E-state index is 13.2. The lowest BCUT2D eigenvalue weighted by Gasteiger charge is -2.25. The van der Waals surface area contributed by atoms with E-state index in [1.54, 1.807) is 16.8 Å². The summed E-state index contributed by atoms with van der Waals surface area (Å²) in [6.07, 6.45) is 0. The third kappa shape index (κ3) is 4.26. The van der Waals surface area contributed by atoms with Gasteiger partial charge in [0.05, 0.1) is 17.4 Å². The zero-order chi connectivity index (χ0) is 20.3. The number of amides is 1. The van der Waals surface area contributed by atoms with Crippen molar-refractivity contribution >= 4 is 5.91 Å². The number of hydrogen-bond donors (Lipinski definition) is 1. The number of benzene rings is 2. The smallest absolute Gasteiger partial charge is 0.273 e. The number of carbonyl (C=O) groups is 1. The minimum absolute atomic E-state index is 0.0864. The maximum Gasteiger partial charge on any atom is 0.273 e. The molecular weight excluding hydrogens is 357 g/mol. The van der Waals surface area contributed by atoms with Crippen molar-refractivity contribution in [1.82, 2.24) is 25.2 Å². The van der Waals surface area contributed by atoms with Crippen molar-refractivity contribution in [3.63, 3.8) is 0 Å². The van der Waals surface area contributed by atoms with Crippen LogP contribution in [0.3, 0.4) is 0 Å². The number of carbonyl (C=O) groups excluding carboxylic acids is 1. The fourth-order valence-corrected chi connectivity index (χ4v) is 3.10. The molecule has 0 fully saturated rings. The second kappa shape index (κ2) is 8.31. The van der Waals surface area contributed by atoms with Gasteiger partial charge in [-0.3, -0.25) is 4.79 Å². The van der Waals surface area contributed by atoms with E-state index in [2.05, 4.69) is 15.6 Å². The Balaban J connectivity index is 1.75. The number of aromatic nitrogens is 3. The Morgan fingerprint density at radius 2 is 1.89 bits per heavy atom. The second-order valence-corrected chi connectivity index (χ2v) is 7.02. The standard InChI is InChI=1S/C21H24FN5O/c1-14-6-5-7-18(12-14)27-15(2)20(24-25-27)21(28)23-13-19(26(3)4)16-8-10-17(22)11-9-16/h5-12,19H,13H2,1-4H3,(H,23,28). The van der Waals surface area contributed by atoms with Crippen LogP contribution in [0, 0.1) is 19.7 Å². The molecule has 1 unspecified atom stereocenters. The zero-order valence-corrected chi connectivity index (χ0v) is 16.5. The molecule has 2 aromatic carbocycles. The van der Waals surface area contributed by atoms with Gasteiger partial charge in [-0.2, -0.15) is 0 Å². The Hall–Kier alpha value is -3.06. The van der Waals surface area contributed by atoms with Gasteiger partial charge >= 0.3 is 0 Å². The van der Waals surface area contributed by atoms with Crippen LogP contribution in [0.2, 0.25) is 0 Å². The average molecular weight is 381 g/mol. The summed E-state index contributed by atoms with van der Waals surface area (Å²) < 4.78 is 14.9. The molecule has 1 N–H and O–H groups in total. The molecule has 28 heavy (non-hydrogen) atoms. The molecule has 6 nitrogen and oxygen atoms in total. The van der Waals surface area contributed by atoms with E-state index in [0.717, 1.165) is 16.8 Å². The first kappa shape index (κ1) is 19.7. The van der Waals surface area contributed by atoms with Gasteiger partial charge in [-0.05, 0) is 63.3 Å².